The third-order valence-electron chi connectivity index (χ3n) is 8.04. The molecule has 210 valence electrons. The van der Waals surface area contributed by atoms with Gasteiger partial charge in [-0.05, 0) is 36.5 Å². The molecule has 0 bridgehead atoms. The van der Waals surface area contributed by atoms with Gasteiger partial charge in [-0.1, -0.05) is 78.9 Å². The normalized spacial score (nSPS) is 17.6. The van der Waals surface area contributed by atoms with Crippen molar-refractivity contribution in [3.63, 3.8) is 0 Å². The van der Waals surface area contributed by atoms with E-state index in [1.54, 1.807) is 23.0 Å². The highest BCUT2D eigenvalue weighted by Gasteiger charge is 2.47. The van der Waals surface area contributed by atoms with Gasteiger partial charge in [-0.2, -0.15) is 0 Å². The van der Waals surface area contributed by atoms with Gasteiger partial charge in [0.15, 0.2) is 11.4 Å². The largest absolute Gasteiger partial charge is 0.508 e. The fraction of sp³-hybridized carbons (Fsp3) is 0.273. The van der Waals surface area contributed by atoms with Crippen LogP contribution in [-0.2, 0) is 6.61 Å². The summed E-state index contributed by atoms with van der Waals surface area (Å²) in [7, 11) is 0. The molecular formula is C33H33N3O5. The molecule has 1 aromatic heterocycles. The maximum absolute atomic E-state index is 14.4. The number of carbonyl (C=O) groups is 1. The van der Waals surface area contributed by atoms with E-state index in [-0.39, 0.29) is 54.2 Å². The van der Waals surface area contributed by atoms with Crippen LogP contribution in [0.25, 0.3) is 0 Å². The fourth-order valence-electron chi connectivity index (χ4n) is 5.88. The quantitative estimate of drug-likeness (QED) is 0.316. The molecule has 1 fully saturated rings. The summed E-state index contributed by atoms with van der Waals surface area (Å²) >= 11 is 0. The van der Waals surface area contributed by atoms with E-state index in [2.05, 4.69) is 0 Å². The van der Waals surface area contributed by atoms with Crippen molar-refractivity contribution in [2.75, 3.05) is 11.6 Å². The summed E-state index contributed by atoms with van der Waals surface area (Å²) in [4.78, 5) is 29.5. The lowest BCUT2D eigenvalue weighted by atomic mass is 9.89. The van der Waals surface area contributed by atoms with Crippen molar-refractivity contribution < 1.29 is 19.7 Å². The molecule has 4 aromatic rings. The number of aliphatic hydroxyl groups is 1. The first-order valence-corrected chi connectivity index (χ1v) is 14.1. The second-order valence-corrected chi connectivity index (χ2v) is 10.5. The summed E-state index contributed by atoms with van der Waals surface area (Å²) in [6.45, 7) is -0.0156. The monoisotopic (exact) mass is 551 g/mol. The van der Waals surface area contributed by atoms with Crippen molar-refractivity contribution in [1.29, 1.82) is 0 Å². The van der Waals surface area contributed by atoms with E-state index in [1.807, 2.05) is 82.7 Å². The molecule has 6 rings (SSSR count). The number of rotatable bonds is 9. The van der Waals surface area contributed by atoms with Crippen LogP contribution in [0.2, 0.25) is 0 Å². The van der Waals surface area contributed by atoms with Gasteiger partial charge >= 0.3 is 0 Å². The molecule has 8 heteroatoms. The molecule has 1 aliphatic heterocycles. The van der Waals surface area contributed by atoms with E-state index < -0.39 is 12.2 Å². The van der Waals surface area contributed by atoms with Gasteiger partial charge in [-0.15, -0.1) is 0 Å². The first-order chi connectivity index (χ1) is 20.1. The van der Waals surface area contributed by atoms with Crippen molar-refractivity contribution in [2.45, 2.75) is 50.5 Å². The summed E-state index contributed by atoms with van der Waals surface area (Å²) in [5.74, 6) is -0.198. The Morgan fingerprint density at radius 1 is 0.878 bits per heavy atom. The van der Waals surface area contributed by atoms with Crippen LogP contribution in [0.3, 0.4) is 0 Å². The number of aliphatic hydroxyl groups excluding tert-OH is 1. The van der Waals surface area contributed by atoms with E-state index in [0.717, 1.165) is 30.4 Å². The number of aromatic hydroxyl groups is 1. The van der Waals surface area contributed by atoms with Crippen LogP contribution in [-0.4, -0.2) is 44.5 Å². The summed E-state index contributed by atoms with van der Waals surface area (Å²) in [5, 5.41) is 23.3. The predicted molar refractivity (Wildman–Crippen MR) is 155 cm³/mol. The smallest absolute Gasteiger partial charge is 0.278 e. The van der Waals surface area contributed by atoms with E-state index in [9.17, 15) is 19.8 Å². The van der Waals surface area contributed by atoms with Crippen molar-refractivity contribution in [2.24, 2.45) is 0 Å². The molecule has 2 N–H and O–H groups in total. The van der Waals surface area contributed by atoms with Crippen molar-refractivity contribution >= 4 is 5.91 Å². The van der Waals surface area contributed by atoms with E-state index in [4.69, 9.17) is 4.74 Å². The highest BCUT2D eigenvalue weighted by atomic mass is 16.5. The number of ether oxygens (including phenoxy) is 1. The number of fused-ring (bicyclic) bond motifs is 1. The summed E-state index contributed by atoms with van der Waals surface area (Å²) in [5.41, 5.74) is 2.16. The first kappa shape index (κ1) is 26.7. The molecule has 0 saturated heterocycles. The highest BCUT2D eigenvalue weighted by molar-refractivity contribution is 5.97. The fourth-order valence-corrected chi connectivity index (χ4v) is 5.88. The average Bonchev–Trinajstić information content (AvgIpc) is 2.97. The summed E-state index contributed by atoms with van der Waals surface area (Å²) in [6.07, 6.45) is 4.02. The zero-order valence-corrected chi connectivity index (χ0v) is 22.7. The molecule has 3 aromatic carbocycles. The lowest BCUT2D eigenvalue weighted by molar-refractivity contribution is 0.0217. The van der Waals surface area contributed by atoms with Crippen LogP contribution in [0.15, 0.2) is 102 Å². The average molecular weight is 552 g/mol. The Bertz CT molecular complexity index is 1570. The Balaban J connectivity index is 1.57. The third kappa shape index (κ3) is 4.95. The number of pyridine rings is 1. The third-order valence-corrected chi connectivity index (χ3v) is 8.04. The molecule has 1 saturated carbocycles. The maximum Gasteiger partial charge on any atom is 0.278 e. The minimum atomic E-state index is -0.548. The Kier molecular flexibility index (Phi) is 7.48. The van der Waals surface area contributed by atoms with E-state index >= 15 is 0 Å². The molecule has 2 atom stereocenters. The SMILES string of the molecule is O=C1c2c(OCc3ccccc3)c(=O)ccn2N(C(c2ccccc2)c2ccccc2O)C(CCO)N1C1CCC1. The number of phenolic OH excluding ortho intramolecular Hbond substituents is 1. The molecular weight excluding hydrogens is 518 g/mol. The maximum atomic E-state index is 14.4. The van der Waals surface area contributed by atoms with Crippen LogP contribution >= 0.6 is 0 Å². The van der Waals surface area contributed by atoms with Crippen molar-refractivity contribution in [1.82, 2.24) is 9.58 Å². The lowest BCUT2D eigenvalue weighted by Crippen LogP contribution is -2.66. The Morgan fingerprint density at radius 3 is 2.22 bits per heavy atom. The number of aromatic nitrogens is 1. The number of benzene rings is 3. The molecule has 1 amide bonds. The molecule has 8 nitrogen and oxygen atoms in total. The van der Waals surface area contributed by atoms with Crippen molar-refractivity contribution in [3.05, 3.63) is 130 Å². The molecule has 2 heterocycles. The Hall–Kier alpha value is -4.56. The number of hydrogen-bond donors (Lipinski definition) is 2. The second kappa shape index (κ2) is 11.5. The number of carbonyl (C=O) groups excluding carboxylic acids is 1. The number of nitrogens with zero attached hydrogens (tertiary/aromatic N) is 3. The standard InChI is InChI=1S/C33H33N3O5/c37-21-19-29-35(25-14-9-15-25)33(40)31-32(41-22-23-10-3-1-4-11-23)28(39)18-20-34(31)36(29)30(24-12-5-2-6-13-24)26-16-7-8-17-27(26)38/h1-8,10-13,16-18,20,25,29-30,37-38H,9,14-15,19,21-22H2. The summed E-state index contributed by atoms with van der Waals surface area (Å²) in [6, 6.07) is 27.2. The molecule has 2 aliphatic rings. The number of para-hydroxylation sites is 1. The zero-order valence-electron chi connectivity index (χ0n) is 22.7. The van der Waals surface area contributed by atoms with E-state index in [0.29, 0.717) is 5.56 Å². The van der Waals surface area contributed by atoms with Gasteiger partial charge in [0.25, 0.3) is 5.91 Å². The van der Waals surface area contributed by atoms with Gasteiger partial charge < -0.3 is 19.8 Å². The Morgan fingerprint density at radius 2 is 1.56 bits per heavy atom. The molecule has 0 spiro atoms. The second-order valence-electron chi connectivity index (χ2n) is 10.5. The topological polar surface area (TPSA) is 95.2 Å². The van der Waals surface area contributed by atoms with Crippen LogP contribution in [0.1, 0.15) is 58.9 Å². The Labute approximate surface area is 238 Å². The van der Waals surface area contributed by atoms with E-state index in [1.165, 1.54) is 6.07 Å². The van der Waals surface area contributed by atoms with Gasteiger partial charge in [0, 0.05) is 36.9 Å². The number of amides is 1. The van der Waals surface area contributed by atoms with Gasteiger partial charge in [0.1, 0.15) is 24.6 Å². The van der Waals surface area contributed by atoms with Crippen molar-refractivity contribution in [3.8, 4) is 11.5 Å². The number of hydrogen-bond acceptors (Lipinski definition) is 6. The van der Waals surface area contributed by atoms with Crippen LogP contribution in [0, 0.1) is 0 Å². The van der Waals surface area contributed by atoms with Gasteiger partial charge in [-0.25, -0.2) is 0 Å². The van der Waals surface area contributed by atoms with Gasteiger partial charge in [0.05, 0.1) is 0 Å². The van der Waals surface area contributed by atoms with Crippen LogP contribution in [0.5, 0.6) is 11.5 Å². The zero-order chi connectivity index (χ0) is 28.3. The molecule has 41 heavy (non-hydrogen) atoms. The first-order valence-electron chi connectivity index (χ1n) is 14.1. The number of phenols is 1. The predicted octanol–water partition coefficient (Wildman–Crippen LogP) is 4.58. The molecule has 0 radical (unpaired) electrons. The summed E-state index contributed by atoms with van der Waals surface area (Å²) < 4.78 is 7.82. The minimum absolute atomic E-state index is 0.0118. The van der Waals surface area contributed by atoms with Gasteiger partial charge in [0.2, 0.25) is 5.43 Å². The van der Waals surface area contributed by atoms with Crippen LogP contribution in [0.4, 0.5) is 0 Å². The molecule has 2 unspecified atom stereocenters. The van der Waals surface area contributed by atoms with Crippen LogP contribution < -0.4 is 15.2 Å². The lowest BCUT2D eigenvalue weighted by Gasteiger charge is -2.53. The highest BCUT2D eigenvalue weighted by Crippen LogP contribution is 2.41. The minimum Gasteiger partial charge on any atom is -0.508 e. The van der Waals surface area contributed by atoms with Gasteiger partial charge in [-0.3, -0.25) is 19.3 Å². The molecule has 1 aliphatic carbocycles.